The van der Waals surface area contributed by atoms with E-state index in [1.54, 1.807) is 6.92 Å². The molecule has 3 heteroatoms. The summed E-state index contributed by atoms with van der Waals surface area (Å²) in [5.41, 5.74) is 7.47. The van der Waals surface area contributed by atoms with Crippen LogP contribution in [0, 0.1) is 0 Å². The molecule has 0 amide bonds. The molecule has 1 aromatic carbocycles. The van der Waals surface area contributed by atoms with Crippen molar-refractivity contribution in [3.05, 3.63) is 29.8 Å². The Balaban J connectivity index is 2.11. The fraction of sp³-hybridized carbons (Fsp3) is 0.364. The first-order valence-corrected chi connectivity index (χ1v) is 4.80. The average Bonchev–Trinajstić information content (AvgIpc) is 2.97. The van der Waals surface area contributed by atoms with Crippen LogP contribution in [0.5, 0.6) is 0 Å². The number of nitrogens with zero attached hydrogens (tertiary/aromatic N) is 1. The summed E-state index contributed by atoms with van der Waals surface area (Å²) in [7, 11) is 0. The fourth-order valence-electron chi connectivity index (χ4n) is 1.59. The second-order valence-electron chi connectivity index (χ2n) is 3.64. The van der Waals surface area contributed by atoms with Crippen LogP contribution >= 0.6 is 0 Å². The van der Waals surface area contributed by atoms with Gasteiger partial charge in [0.2, 0.25) is 0 Å². The van der Waals surface area contributed by atoms with Crippen molar-refractivity contribution in [1.82, 2.24) is 0 Å². The molecule has 1 aliphatic heterocycles. The van der Waals surface area contributed by atoms with Gasteiger partial charge in [-0.1, -0.05) is 0 Å². The third-order valence-corrected chi connectivity index (χ3v) is 2.59. The SMILES string of the molecule is CC(=O)c1ccc(N2CC2CN)cc1. The molecule has 1 atom stereocenters. The molecule has 0 bridgehead atoms. The van der Waals surface area contributed by atoms with Gasteiger partial charge in [-0.3, -0.25) is 4.79 Å². The van der Waals surface area contributed by atoms with Gasteiger partial charge < -0.3 is 10.6 Å². The van der Waals surface area contributed by atoms with Crippen LogP contribution in [-0.4, -0.2) is 24.9 Å². The highest BCUT2D eigenvalue weighted by Gasteiger charge is 2.32. The lowest BCUT2D eigenvalue weighted by atomic mass is 10.1. The van der Waals surface area contributed by atoms with Crippen LogP contribution in [0.4, 0.5) is 5.69 Å². The zero-order chi connectivity index (χ0) is 10.1. The predicted molar refractivity (Wildman–Crippen MR) is 56.6 cm³/mol. The Morgan fingerprint density at radius 3 is 2.57 bits per heavy atom. The van der Waals surface area contributed by atoms with Crippen molar-refractivity contribution in [3.8, 4) is 0 Å². The van der Waals surface area contributed by atoms with Gasteiger partial charge in [0.15, 0.2) is 5.78 Å². The molecule has 2 rings (SSSR count). The van der Waals surface area contributed by atoms with E-state index in [0.29, 0.717) is 12.6 Å². The normalized spacial score (nSPS) is 19.6. The summed E-state index contributed by atoms with van der Waals surface area (Å²) < 4.78 is 0. The maximum Gasteiger partial charge on any atom is 0.159 e. The molecule has 0 radical (unpaired) electrons. The molecule has 1 heterocycles. The molecule has 0 aromatic heterocycles. The smallest absolute Gasteiger partial charge is 0.159 e. The molecular formula is C11H14N2O. The Morgan fingerprint density at radius 2 is 2.14 bits per heavy atom. The number of nitrogens with two attached hydrogens (primary N) is 1. The van der Waals surface area contributed by atoms with Gasteiger partial charge >= 0.3 is 0 Å². The summed E-state index contributed by atoms with van der Waals surface area (Å²) in [5, 5.41) is 0. The summed E-state index contributed by atoms with van der Waals surface area (Å²) in [6.07, 6.45) is 0. The molecule has 3 nitrogen and oxygen atoms in total. The summed E-state index contributed by atoms with van der Waals surface area (Å²) in [6.45, 7) is 3.32. The maximum absolute atomic E-state index is 11.0. The quantitative estimate of drug-likeness (QED) is 0.572. The van der Waals surface area contributed by atoms with Crippen molar-refractivity contribution >= 4 is 11.5 Å². The molecule has 0 spiro atoms. The first-order chi connectivity index (χ1) is 6.72. The van der Waals surface area contributed by atoms with Crippen LogP contribution in [0.15, 0.2) is 24.3 Å². The van der Waals surface area contributed by atoms with Crippen molar-refractivity contribution in [2.24, 2.45) is 5.73 Å². The van der Waals surface area contributed by atoms with E-state index in [9.17, 15) is 4.79 Å². The average molecular weight is 190 g/mol. The lowest BCUT2D eigenvalue weighted by molar-refractivity contribution is 0.101. The molecule has 2 N–H and O–H groups in total. The maximum atomic E-state index is 11.0. The lowest BCUT2D eigenvalue weighted by Gasteiger charge is -2.04. The largest absolute Gasteiger partial charge is 0.363 e. The topological polar surface area (TPSA) is 46.1 Å². The molecule has 1 unspecified atom stereocenters. The second-order valence-corrected chi connectivity index (χ2v) is 3.64. The zero-order valence-electron chi connectivity index (χ0n) is 8.23. The van der Waals surface area contributed by atoms with Gasteiger partial charge in [0.1, 0.15) is 0 Å². The third-order valence-electron chi connectivity index (χ3n) is 2.59. The highest BCUT2D eigenvalue weighted by molar-refractivity contribution is 5.94. The van der Waals surface area contributed by atoms with Gasteiger partial charge in [-0.05, 0) is 31.2 Å². The summed E-state index contributed by atoms with van der Waals surface area (Å²) in [6, 6.07) is 8.18. The van der Waals surface area contributed by atoms with E-state index in [4.69, 9.17) is 5.73 Å². The lowest BCUT2D eigenvalue weighted by Crippen LogP contribution is -2.11. The molecule has 74 valence electrons. The fourth-order valence-corrected chi connectivity index (χ4v) is 1.59. The van der Waals surface area contributed by atoms with Gasteiger partial charge in [0.25, 0.3) is 0 Å². The minimum Gasteiger partial charge on any atom is -0.363 e. The summed E-state index contributed by atoms with van der Waals surface area (Å²) in [5.74, 6) is 0.109. The highest BCUT2D eigenvalue weighted by Crippen LogP contribution is 2.26. The van der Waals surface area contributed by atoms with Crippen LogP contribution in [0.2, 0.25) is 0 Å². The van der Waals surface area contributed by atoms with Crippen molar-refractivity contribution < 1.29 is 4.79 Å². The molecule has 1 saturated heterocycles. The van der Waals surface area contributed by atoms with E-state index in [0.717, 1.165) is 17.8 Å². The predicted octanol–water partition coefficient (Wildman–Crippen LogP) is 1.04. The van der Waals surface area contributed by atoms with E-state index in [2.05, 4.69) is 4.90 Å². The first kappa shape index (κ1) is 9.21. The Labute approximate surface area is 83.5 Å². The molecule has 1 aliphatic rings. The van der Waals surface area contributed by atoms with E-state index in [-0.39, 0.29) is 5.78 Å². The summed E-state index contributed by atoms with van der Waals surface area (Å²) >= 11 is 0. The molecule has 14 heavy (non-hydrogen) atoms. The van der Waals surface area contributed by atoms with Gasteiger partial charge in [0, 0.05) is 24.3 Å². The first-order valence-electron chi connectivity index (χ1n) is 4.80. The van der Waals surface area contributed by atoms with Crippen molar-refractivity contribution in [2.75, 3.05) is 18.0 Å². The molecule has 1 fully saturated rings. The highest BCUT2D eigenvalue weighted by atomic mass is 16.1. The number of benzene rings is 1. The van der Waals surface area contributed by atoms with E-state index >= 15 is 0 Å². The van der Waals surface area contributed by atoms with Gasteiger partial charge in [-0.15, -0.1) is 0 Å². The van der Waals surface area contributed by atoms with Crippen LogP contribution in [-0.2, 0) is 0 Å². The van der Waals surface area contributed by atoms with E-state index in [1.807, 2.05) is 24.3 Å². The molecular weight excluding hydrogens is 176 g/mol. The number of anilines is 1. The Bertz CT molecular complexity index is 345. The Kier molecular flexibility index (Phi) is 2.25. The monoisotopic (exact) mass is 190 g/mol. The van der Waals surface area contributed by atoms with Crippen LogP contribution < -0.4 is 10.6 Å². The summed E-state index contributed by atoms with van der Waals surface area (Å²) in [4.78, 5) is 13.3. The Hall–Kier alpha value is -1.35. The minimum atomic E-state index is 0.109. The number of hydrogen-bond acceptors (Lipinski definition) is 3. The van der Waals surface area contributed by atoms with Gasteiger partial charge in [0.05, 0.1) is 6.04 Å². The van der Waals surface area contributed by atoms with Crippen molar-refractivity contribution in [2.45, 2.75) is 13.0 Å². The van der Waals surface area contributed by atoms with Gasteiger partial charge in [-0.25, -0.2) is 0 Å². The standard InChI is InChI=1S/C11H14N2O/c1-8(14)9-2-4-10(5-3-9)13-7-11(13)6-12/h2-5,11H,6-7,12H2,1H3. The van der Waals surface area contributed by atoms with Crippen molar-refractivity contribution in [3.63, 3.8) is 0 Å². The minimum absolute atomic E-state index is 0.109. The van der Waals surface area contributed by atoms with E-state index < -0.39 is 0 Å². The van der Waals surface area contributed by atoms with Crippen LogP contribution in [0.25, 0.3) is 0 Å². The van der Waals surface area contributed by atoms with Crippen LogP contribution in [0.3, 0.4) is 0 Å². The van der Waals surface area contributed by atoms with Crippen LogP contribution in [0.1, 0.15) is 17.3 Å². The number of ketones is 1. The third kappa shape index (κ3) is 1.63. The second kappa shape index (κ2) is 3.42. The number of Topliss-reactive ketones (excluding diaryl/α,β-unsaturated/α-hetero) is 1. The number of rotatable bonds is 3. The number of carbonyl (C=O) groups excluding carboxylic acids is 1. The molecule has 1 aromatic rings. The molecule has 0 aliphatic carbocycles. The number of hydrogen-bond donors (Lipinski definition) is 1. The van der Waals surface area contributed by atoms with E-state index in [1.165, 1.54) is 0 Å². The number of carbonyl (C=O) groups is 1. The van der Waals surface area contributed by atoms with Crippen molar-refractivity contribution in [1.29, 1.82) is 0 Å². The Morgan fingerprint density at radius 1 is 1.50 bits per heavy atom. The zero-order valence-corrected chi connectivity index (χ0v) is 8.23. The van der Waals surface area contributed by atoms with Gasteiger partial charge in [-0.2, -0.15) is 0 Å². The molecule has 0 saturated carbocycles.